The maximum atomic E-state index is 17.0. The van der Waals surface area contributed by atoms with Crippen LogP contribution in [0.25, 0.3) is 43.4 Å². The van der Waals surface area contributed by atoms with Crippen molar-refractivity contribution in [3.63, 3.8) is 0 Å². The molecule has 0 radical (unpaired) electrons. The lowest BCUT2D eigenvalue weighted by atomic mass is 9.83. The van der Waals surface area contributed by atoms with Gasteiger partial charge in [0.25, 0.3) is 0 Å². The molecule has 0 spiro atoms. The highest BCUT2D eigenvalue weighted by atomic mass is 32.1. The zero-order chi connectivity index (χ0) is 57.9. The van der Waals surface area contributed by atoms with Gasteiger partial charge in [-0.15, -0.1) is 17.8 Å². The Hall–Kier alpha value is -7.31. The van der Waals surface area contributed by atoms with E-state index >= 15 is 4.39 Å². The summed E-state index contributed by atoms with van der Waals surface area (Å²) in [5, 5.41) is 28.7. The van der Waals surface area contributed by atoms with Crippen LogP contribution in [0.2, 0.25) is 0 Å². The number of nitrogens with zero attached hydrogens (tertiary/aromatic N) is 9. The molecule has 3 aromatic carbocycles. The molecule has 9 heterocycles. The molecule has 5 aliphatic rings. The second-order valence-corrected chi connectivity index (χ2v) is 24.2. The number of hydrogen-bond acceptors (Lipinski definition) is 16. The molecule has 4 aromatic heterocycles. The van der Waals surface area contributed by atoms with Gasteiger partial charge in [0, 0.05) is 81.2 Å². The van der Waals surface area contributed by atoms with Crippen molar-refractivity contribution in [2.45, 2.75) is 109 Å². The summed E-state index contributed by atoms with van der Waals surface area (Å²) in [7, 11) is 0. The van der Waals surface area contributed by atoms with Crippen molar-refractivity contribution < 1.29 is 37.8 Å². The van der Waals surface area contributed by atoms with Crippen molar-refractivity contribution in [3.8, 4) is 45.8 Å². The van der Waals surface area contributed by atoms with Gasteiger partial charge in [0.1, 0.15) is 47.2 Å². The summed E-state index contributed by atoms with van der Waals surface area (Å²) < 4.78 is 44.1. The van der Waals surface area contributed by atoms with Gasteiger partial charge in [0.2, 0.25) is 11.8 Å². The fraction of sp³-hybridized carbons (Fsp3) is 0.476. The van der Waals surface area contributed by atoms with Crippen LogP contribution in [0.15, 0.2) is 70.8 Å². The minimum Gasteiger partial charge on any atom is -0.508 e. The number of hydrogen-bond donors (Lipinski definition) is 4. The number of carbonyl (C=O) groups is 2. The number of carbonyl (C=O) groups excluding carboxylic acids is 2. The molecule has 2 bridgehead atoms. The average molecular weight is 1150 g/mol. The number of terminal acetylenes is 1. The van der Waals surface area contributed by atoms with Crippen molar-refractivity contribution in [1.29, 1.82) is 0 Å². The molecule has 0 saturated carbocycles. The number of aromatic nitrogens is 5. The number of rotatable bonds is 16. The number of pyridine rings is 1. The number of aryl methyl sites for hydroxylation is 1. The van der Waals surface area contributed by atoms with Crippen molar-refractivity contribution in [2.24, 2.45) is 23.5 Å². The second-order valence-electron chi connectivity index (χ2n) is 23.4. The Balaban J connectivity index is 0.000000416. The predicted molar refractivity (Wildman–Crippen MR) is 317 cm³/mol. The third-order valence-electron chi connectivity index (χ3n) is 17.5. The van der Waals surface area contributed by atoms with Crippen molar-refractivity contribution in [2.75, 3.05) is 75.4 Å². The number of amides is 2. The van der Waals surface area contributed by atoms with Crippen LogP contribution in [0.5, 0.6) is 11.8 Å². The Morgan fingerprint density at radius 3 is 2.34 bits per heavy atom. The summed E-state index contributed by atoms with van der Waals surface area (Å²) in [6, 6.07) is 15.8. The number of phenolic OH excluding ortho intramolecular Hbond substituents is 1. The molecule has 5 aliphatic heterocycles. The fourth-order valence-electron chi connectivity index (χ4n) is 13.2. The van der Waals surface area contributed by atoms with Gasteiger partial charge < -0.3 is 45.2 Å². The predicted octanol–water partition coefficient (Wildman–Crippen LogP) is 9.01. The number of aromatic hydroxyl groups is 1. The first-order valence-corrected chi connectivity index (χ1v) is 30.2. The highest BCUT2D eigenvalue weighted by Gasteiger charge is 2.40. The standard InChI is InChI=1S/C51H60F2N10O5.C12H13NOS/c1-4-36-39(52)10-7-32-23-35(64)24-37(44(32)36)46-45(53)47-38(26-55-46)49(62-27-33-8-9-34(28-62)56-33)58-51(57-47)67-21-20-60-16-11-30(12-17-60)22-31-13-18-61(19-14-31)42-25-41(68-59-42)43(29(2)3)50(66)63-15-5-6-40(63)48(54)65;1-9-12(15-8-13-9)11-4-2-10(3-5-11)6-7-14/h1,7,10,23-26,29-31,33-34,40,43,56,64H,5-6,8-9,11-22,27-28H2,2-3H3,(H2,54,65);2-5,8,14H,6-7H2,1H3. The minimum atomic E-state index is -0.740. The van der Waals surface area contributed by atoms with Crippen LogP contribution in [0.1, 0.15) is 100 Å². The van der Waals surface area contributed by atoms with Crippen LogP contribution < -0.4 is 25.6 Å². The molecule has 4 unspecified atom stereocenters. The van der Waals surface area contributed by atoms with E-state index in [1.165, 1.54) is 46.7 Å². The Morgan fingerprint density at radius 2 is 1.66 bits per heavy atom. The summed E-state index contributed by atoms with van der Waals surface area (Å²) >= 11 is 1.66. The van der Waals surface area contributed by atoms with Gasteiger partial charge in [0.05, 0.1) is 27.0 Å². The third-order valence-corrected chi connectivity index (χ3v) is 18.5. The molecule has 17 nitrogen and oxygen atoms in total. The molecule has 0 aliphatic carbocycles. The molecular weight excluding hydrogens is 1080 g/mol. The number of aliphatic hydroxyl groups is 1. The maximum absolute atomic E-state index is 17.0. The first-order valence-electron chi connectivity index (χ1n) is 29.3. The number of nitrogens with one attached hydrogen (secondary N) is 1. The van der Waals surface area contributed by atoms with E-state index in [-0.39, 0.29) is 57.9 Å². The van der Waals surface area contributed by atoms with Gasteiger partial charge in [-0.25, -0.2) is 13.8 Å². The zero-order valence-electron chi connectivity index (χ0n) is 47.4. The lowest BCUT2D eigenvalue weighted by Crippen LogP contribution is -2.51. The molecule has 20 heteroatoms. The lowest BCUT2D eigenvalue weighted by molar-refractivity contribution is -0.139. The van der Waals surface area contributed by atoms with Crippen LogP contribution in [0, 0.1) is 48.7 Å². The van der Waals surface area contributed by atoms with E-state index in [0.717, 1.165) is 89.1 Å². The number of phenols is 1. The number of ether oxygens (including phenoxy) is 1. The monoisotopic (exact) mass is 1150 g/mol. The number of benzene rings is 3. The van der Waals surface area contributed by atoms with E-state index in [1.807, 2.05) is 32.3 Å². The van der Waals surface area contributed by atoms with E-state index in [4.69, 9.17) is 31.5 Å². The zero-order valence-corrected chi connectivity index (χ0v) is 48.2. The van der Waals surface area contributed by atoms with Gasteiger partial charge >= 0.3 is 6.01 Å². The largest absolute Gasteiger partial charge is 0.508 e. The Bertz CT molecular complexity index is 3490. The molecule has 436 valence electrons. The average Bonchev–Trinajstić information content (AvgIpc) is 4.42. The third kappa shape index (κ3) is 12.5. The number of thiazole rings is 1. The SMILES string of the molecule is C#Cc1c(F)ccc2cc(O)cc(-c3ncc4c(N5CC6CCC(C5)N6)nc(OCCN5CCC(CC6CCN(c7cc(C(C(=O)N8CCCC8C(N)=O)C(C)C)on7)CC6)CC5)nc4c3F)c12.Cc1ncsc1-c1ccc(CCO)cc1. The Kier molecular flexibility index (Phi) is 17.5. The molecule has 5 fully saturated rings. The normalized spacial score (nSPS) is 20.0. The molecule has 2 amide bonds. The van der Waals surface area contributed by atoms with E-state index in [2.05, 4.69) is 70.3 Å². The van der Waals surface area contributed by atoms with Crippen molar-refractivity contribution in [3.05, 3.63) is 101 Å². The molecule has 5 N–H and O–H groups in total. The lowest BCUT2D eigenvalue weighted by Gasteiger charge is -2.36. The first kappa shape index (κ1) is 57.5. The Labute approximate surface area is 486 Å². The van der Waals surface area contributed by atoms with Crippen LogP contribution in [0.4, 0.5) is 20.4 Å². The highest BCUT2D eigenvalue weighted by Crippen LogP contribution is 2.41. The van der Waals surface area contributed by atoms with Crippen LogP contribution in [-0.4, -0.2) is 141 Å². The minimum absolute atomic E-state index is 0.0265. The topological polar surface area (TPSA) is 212 Å². The smallest absolute Gasteiger partial charge is 0.319 e. The van der Waals surface area contributed by atoms with Gasteiger partial charge in [-0.1, -0.05) is 55.3 Å². The number of likely N-dealkylation sites (tertiary alicyclic amines) is 2. The summed E-state index contributed by atoms with van der Waals surface area (Å²) in [5.74, 6) is 2.85. The molecule has 83 heavy (non-hydrogen) atoms. The molecular formula is C63H73F2N11O6S. The van der Waals surface area contributed by atoms with Crippen LogP contribution in [0.3, 0.4) is 0 Å². The second kappa shape index (κ2) is 25.3. The summed E-state index contributed by atoms with van der Waals surface area (Å²) in [5.41, 5.74) is 11.0. The molecule has 5 saturated heterocycles. The first-order chi connectivity index (χ1) is 40.2. The van der Waals surface area contributed by atoms with E-state index in [0.29, 0.717) is 85.5 Å². The van der Waals surface area contributed by atoms with E-state index in [9.17, 15) is 19.1 Å². The highest BCUT2D eigenvalue weighted by molar-refractivity contribution is 7.13. The van der Waals surface area contributed by atoms with Gasteiger partial charge in [-0.3, -0.25) is 19.5 Å². The Morgan fingerprint density at radius 1 is 0.928 bits per heavy atom. The summed E-state index contributed by atoms with van der Waals surface area (Å²) in [6.45, 7) is 12.8. The summed E-state index contributed by atoms with van der Waals surface area (Å²) in [4.78, 5) is 53.7. The van der Waals surface area contributed by atoms with E-state index in [1.54, 1.807) is 22.4 Å². The van der Waals surface area contributed by atoms with Crippen LogP contribution in [-0.2, 0) is 16.0 Å². The van der Waals surface area contributed by atoms with Gasteiger partial charge in [0.15, 0.2) is 17.4 Å². The number of fused-ring (bicyclic) bond motifs is 4. The van der Waals surface area contributed by atoms with Crippen molar-refractivity contribution in [1.82, 2.24) is 40.2 Å². The fourth-order valence-corrected chi connectivity index (χ4v) is 14.0. The number of halogens is 2. The summed E-state index contributed by atoms with van der Waals surface area (Å²) in [6.07, 6.45) is 17.0. The molecule has 7 aromatic rings. The number of piperazine rings is 1. The van der Waals surface area contributed by atoms with Crippen LogP contribution >= 0.6 is 11.3 Å². The number of anilines is 2. The number of piperidine rings is 2. The number of nitrogens with two attached hydrogens (primary N) is 1. The van der Waals surface area contributed by atoms with E-state index < -0.39 is 29.5 Å². The van der Waals surface area contributed by atoms with Gasteiger partial charge in [-0.2, -0.15) is 9.97 Å². The number of primary amides is 1. The molecule has 4 atom stereocenters. The van der Waals surface area contributed by atoms with Crippen molar-refractivity contribution >= 4 is 56.5 Å². The maximum Gasteiger partial charge on any atom is 0.319 e. The number of aliphatic hydroxyl groups excluding tert-OH is 1. The molecule has 12 rings (SSSR count). The quantitative estimate of drug-likeness (QED) is 0.0665. The van der Waals surface area contributed by atoms with Gasteiger partial charge in [-0.05, 0) is 137 Å².